The van der Waals surface area contributed by atoms with Crippen molar-refractivity contribution in [3.8, 4) is 5.75 Å². The molecule has 1 N–H and O–H groups in total. The van der Waals surface area contributed by atoms with Crippen LogP contribution in [-0.2, 0) is 13.8 Å². The molecule has 1 atom stereocenters. The Balaban J connectivity index is 2.08. The normalized spacial score (nSPS) is 20.7. The molecular weight excluding hydrogens is 390 g/mol. The molecule has 0 bridgehead atoms. The van der Waals surface area contributed by atoms with Crippen molar-refractivity contribution in [1.82, 2.24) is 15.1 Å². The third-order valence-electron chi connectivity index (χ3n) is 4.74. The fraction of sp³-hybridized carbons (Fsp3) is 0.500. The van der Waals surface area contributed by atoms with Crippen molar-refractivity contribution < 1.29 is 17.9 Å². The fourth-order valence-electron chi connectivity index (χ4n) is 3.74. The molecule has 1 aromatic rings. The van der Waals surface area contributed by atoms with Crippen molar-refractivity contribution in [2.45, 2.75) is 31.2 Å². The van der Waals surface area contributed by atoms with Gasteiger partial charge in [0.2, 0.25) is 0 Å². The third kappa shape index (κ3) is 3.93. The van der Waals surface area contributed by atoms with E-state index in [0.717, 1.165) is 18.5 Å². The summed E-state index contributed by atoms with van der Waals surface area (Å²) in [5, 5.41) is 2.98. The number of ether oxygens (including phenoxy) is 1. The molecule has 0 aliphatic carbocycles. The fourth-order valence-corrected chi connectivity index (χ4v) is 4.52. The van der Waals surface area contributed by atoms with Gasteiger partial charge in [0.05, 0.1) is 24.2 Å². The van der Waals surface area contributed by atoms with Crippen LogP contribution < -0.4 is 10.1 Å². The number of hydrogen-bond donors (Lipinski definition) is 1. The average Bonchev–Trinajstić information content (AvgIpc) is 2.92. The summed E-state index contributed by atoms with van der Waals surface area (Å²) in [7, 11) is 3.53. The topological polar surface area (TPSA) is 79.0 Å². The number of amides is 1. The van der Waals surface area contributed by atoms with Crippen molar-refractivity contribution >= 4 is 25.6 Å². The molecule has 0 fully saturated rings. The van der Waals surface area contributed by atoms with Gasteiger partial charge >= 0.3 is 0 Å². The van der Waals surface area contributed by atoms with Crippen LogP contribution in [0.2, 0.25) is 0 Å². The summed E-state index contributed by atoms with van der Waals surface area (Å²) in [6.07, 6.45) is 1.01. The lowest BCUT2D eigenvalue weighted by Crippen LogP contribution is -2.43. The highest BCUT2D eigenvalue weighted by Gasteiger charge is 2.40. The monoisotopic (exact) mass is 413 g/mol. The number of hydrogen-bond acceptors (Lipinski definition) is 6. The smallest absolute Gasteiger partial charge is 0.268 e. The van der Waals surface area contributed by atoms with E-state index in [2.05, 4.69) is 17.1 Å². The average molecular weight is 414 g/mol. The molecule has 2 heterocycles. The molecule has 3 rings (SSSR count). The Morgan fingerprint density at radius 3 is 2.70 bits per heavy atom. The summed E-state index contributed by atoms with van der Waals surface area (Å²) in [4.78, 5) is 16.8. The second kappa shape index (κ2) is 7.69. The van der Waals surface area contributed by atoms with E-state index in [-0.39, 0.29) is 10.8 Å². The summed E-state index contributed by atoms with van der Waals surface area (Å²) in [5.41, 5.74) is 2.17. The van der Waals surface area contributed by atoms with E-state index in [1.807, 2.05) is 18.9 Å². The molecular formula is C18H24ClN3O4S. The second-order valence-electron chi connectivity index (χ2n) is 6.74. The minimum Gasteiger partial charge on any atom is -0.494 e. The zero-order valence-electron chi connectivity index (χ0n) is 15.7. The van der Waals surface area contributed by atoms with Gasteiger partial charge in [0.25, 0.3) is 15.0 Å². The number of carbonyl (C=O) groups is 1. The summed E-state index contributed by atoms with van der Waals surface area (Å²) < 4.78 is 29.3. The molecule has 0 radical (unpaired) electrons. The van der Waals surface area contributed by atoms with E-state index in [1.165, 1.54) is 12.1 Å². The molecule has 2 aliphatic heterocycles. The molecule has 0 saturated carbocycles. The van der Waals surface area contributed by atoms with Gasteiger partial charge in [-0.2, -0.15) is 0 Å². The predicted molar refractivity (Wildman–Crippen MR) is 103 cm³/mol. The first-order valence-electron chi connectivity index (χ1n) is 8.95. The highest BCUT2D eigenvalue weighted by atomic mass is 35.7. The van der Waals surface area contributed by atoms with Crippen LogP contribution >= 0.6 is 10.7 Å². The van der Waals surface area contributed by atoms with Gasteiger partial charge in [-0.1, -0.05) is 6.92 Å². The molecule has 0 spiro atoms. The molecule has 0 saturated heterocycles. The van der Waals surface area contributed by atoms with Crippen LogP contribution in [0.3, 0.4) is 0 Å². The van der Waals surface area contributed by atoms with Gasteiger partial charge in [-0.3, -0.25) is 9.69 Å². The molecule has 2 aliphatic rings. The number of nitrogens with one attached hydrogen (secondary N) is 1. The van der Waals surface area contributed by atoms with Crippen molar-refractivity contribution in [2.24, 2.45) is 0 Å². The number of nitrogens with zero attached hydrogens (tertiary/aromatic N) is 2. The highest BCUT2D eigenvalue weighted by molar-refractivity contribution is 8.13. The molecule has 1 amide bonds. The zero-order valence-corrected chi connectivity index (χ0v) is 17.2. The van der Waals surface area contributed by atoms with E-state index < -0.39 is 15.1 Å². The van der Waals surface area contributed by atoms with Crippen molar-refractivity contribution in [2.75, 3.05) is 33.4 Å². The van der Waals surface area contributed by atoms with E-state index in [1.54, 1.807) is 6.07 Å². The van der Waals surface area contributed by atoms with Crippen LogP contribution in [0.25, 0.3) is 0 Å². The lowest BCUT2D eigenvalue weighted by Gasteiger charge is -2.35. The Kier molecular flexibility index (Phi) is 5.69. The van der Waals surface area contributed by atoms with Crippen LogP contribution in [0.5, 0.6) is 5.75 Å². The Morgan fingerprint density at radius 2 is 2.07 bits per heavy atom. The first kappa shape index (κ1) is 20.0. The number of rotatable bonds is 6. The molecule has 0 aromatic heterocycles. The van der Waals surface area contributed by atoms with E-state index in [4.69, 9.17) is 15.4 Å². The quantitative estimate of drug-likeness (QED) is 0.719. The lowest BCUT2D eigenvalue weighted by molar-refractivity contribution is -0.118. The number of benzene rings is 1. The maximum Gasteiger partial charge on any atom is 0.268 e. The summed E-state index contributed by atoms with van der Waals surface area (Å²) in [5.74, 6) is 0.381. The van der Waals surface area contributed by atoms with Gasteiger partial charge in [-0.05, 0) is 43.7 Å². The van der Waals surface area contributed by atoms with Gasteiger partial charge in [0.1, 0.15) is 11.4 Å². The minimum atomic E-state index is -3.89. The zero-order chi connectivity index (χ0) is 19.8. The first-order valence-corrected chi connectivity index (χ1v) is 11.3. The van der Waals surface area contributed by atoms with E-state index in [0.29, 0.717) is 36.8 Å². The van der Waals surface area contributed by atoms with E-state index >= 15 is 0 Å². The molecule has 148 valence electrons. The Labute approximate surface area is 164 Å². The molecule has 9 heteroatoms. The van der Waals surface area contributed by atoms with Gasteiger partial charge in [0.15, 0.2) is 0 Å². The minimum absolute atomic E-state index is 0.0134. The molecule has 1 unspecified atom stereocenters. The van der Waals surface area contributed by atoms with Crippen LogP contribution in [0.4, 0.5) is 0 Å². The molecule has 7 nitrogen and oxygen atoms in total. The molecule has 27 heavy (non-hydrogen) atoms. The SMILES string of the molecule is CCCN1CC2=C(C(=O)NC2c2cc(S(=O)(=O)Cl)ccc2OCC)N(C)C1. The summed E-state index contributed by atoms with van der Waals surface area (Å²) in [6, 6.07) is 4.05. The van der Waals surface area contributed by atoms with Crippen molar-refractivity contribution in [1.29, 1.82) is 0 Å². The standard InChI is InChI=1S/C18H24ClN3O4S/c1-4-8-22-10-14-16(20-18(23)17(14)21(3)11-22)13-9-12(27(19,24)25)6-7-15(13)26-5-2/h6-7,9,16H,4-5,8,10-11H2,1-3H3,(H,20,23). The predicted octanol–water partition coefficient (Wildman–Crippen LogP) is 2.05. The molecule has 1 aromatic carbocycles. The van der Waals surface area contributed by atoms with Crippen molar-refractivity contribution in [3.63, 3.8) is 0 Å². The van der Waals surface area contributed by atoms with Gasteiger partial charge in [-0.25, -0.2) is 8.42 Å². The highest BCUT2D eigenvalue weighted by Crippen LogP contribution is 2.39. The van der Waals surface area contributed by atoms with Crippen LogP contribution in [0.15, 0.2) is 34.4 Å². The summed E-state index contributed by atoms with van der Waals surface area (Å²) >= 11 is 0. The van der Waals surface area contributed by atoms with Gasteiger partial charge < -0.3 is 15.0 Å². The van der Waals surface area contributed by atoms with Gasteiger partial charge in [-0.15, -0.1) is 0 Å². The van der Waals surface area contributed by atoms with Crippen LogP contribution in [0, 0.1) is 0 Å². The van der Waals surface area contributed by atoms with Crippen molar-refractivity contribution in [3.05, 3.63) is 35.0 Å². The number of likely N-dealkylation sites (N-methyl/N-ethyl adjacent to an activating group) is 1. The Hall–Kier alpha value is -1.77. The van der Waals surface area contributed by atoms with E-state index in [9.17, 15) is 13.2 Å². The second-order valence-corrected chi connectivity index (χ2v) is 9.31. The Morgan fingerprint density at radius 1 is 1.33 bits per heavy atom. The van der Waals surface area contributed by atoms with Crippen LogP contribution in [-0.4, -0.2) is 57.5 Å². The maximum absolute atomic E-state index is 12.6. The lowest BCUT2D eigenvalue weighted by atomic mass is 9.97. The Bertz CT molecular complexity index is 885. The summed E-state index contributed by atoms with van der Waals surface area (Å²) in [6.45, 7) is 6.62. The van der Waals surface area contributed by atoms with Crippen LogP contribution in [0.1, 0.15) is 31.9 Å². The number of carbonyl (C=O) groups excluding carboxylic acids is 1. The maximum atomic E-state index is 12.6. The third-order valence-corrected chi connectivity index (χ3v) is 6.10. The number of halogens is 1. The first-order chi connectivity index (χ1) is 12.8. The largest absolute Gasteiger partial charge is 0.494 e. The van der Waals surface area contributed by atoms with Gasteiger partial charge in [0, 0.05) is 29.8 Å².